The summed E-state index contributed by atoms with van der Waals surface area (Å²) in [5, 5.41) is 0. The molecule has 2 rings (SSSR count). The minimum atomic E-state index is -1.26. The molecule has 0 saturated carbocycles. The molecule has 0 aliphatic heterocycles. The number of aromatic nitrogens is 2. The number of para-hydroxylation sites is 1. The predicted molar refractivity (Wildman–Crippen MR) is 70.5 cm³/mol. The molecule has 5 heteroatoms. The van der Waals surface area contributed by atoms with Crippen LogP contribution in [0.2, 0.25) is 0 Å². The molecule has 0 aliphatic carbocycles. The second-order valence-electron chi connectivity index (χ2n) is 4.17. The van der Waals surface area contributed by atoms with Crippen LogP contribution in [-0.4, -0.2) is 28.8 Å². The van der Waals surface area contributed by atoms with Gasteiger partial charge < -0.3 is 10.5 Å². The monoisotopic (exact) mass is 261 g/mol. The van der Waals surface area contributed by atoms with Crippen LogP contribution >= 0.6 is 0 Å². The second kappa shape index (κ2) is 6.80. The van der Waals surface area contributed by atoms with Gasteiger partial charge >= 0.3 is 0 Å². The standard InChI is InChI=1S/C14H16FN3O/c15-12(10-19-11-5-2-1-3-6-11)13(16)9-14-17-7-4-8-18-14/h1-8,12-13H,9-10,16H2/t12-,13-/m1/s1. The van der Waals surface area contributed by atoms with Gasteiger partial charge in [-0.05, 0) is 18.2 Å². The van der Waals surface area contributed by atoms with Gasteiger partial charge in [-0.25, -0.2) is 14.4 Å². The van der Waals surface area contributed by atoms with E-state index in [1.54, 1.807) is 30.6 Å². The summed E-state index contributed by atoms with van der Waals surface area (Å²) < 4.78 is 19.2. The highest BCUT2D eigenvalue weighted by Gasteiger charge is 2.19. The smallest absolute Gasteiger partial charge is 0.149 e. The van der Waals surface area contributed by atoms with Gasteiger partial charge in [-0.15, -0.1) is 0 Å². The molecule has 2 N–H and O–H groups in total. The Morgan fingerprint density at radius 2 is 1.79 bits per heavy atom. The summed E-state index contributed by atoms with van der Waals surface area (Å²) in [5.74, 6) is 1.17. The molecule has 0 bridgehead atoms. The number of hydrogen-bond donors (Lipinski definition) is 1. The zero-order chi connectivity index (χ0) is 13.5. The zero-order valence-corrected chi connectivity index (χ0v) is 10.4. The molecule has 0 fully saturated rings. The minimum absolute atomic E-state index is 0.0714. The fraction of sp³-hybridized carbons (Fsp3) is 0.286. The van der Waals surface area contributed by atoms with E-state index >= 15 is 0 Å². The van der Waals surface area contributed by atoms with E-state index in [-0.39, 0.29) is 6.61 Å². The van der Waals surface area contributed by atoms with E-state index in [0.29, 0.717) is 18.0 Å². The number of benzene rings is 1. The van der Waals surface area contributed by atoms with Gasteiger partial charge in [0.2, 0.25) is 0 Å². The lowest BCUT2D eigenvalue weighted by Gasteiger charge is -2.16. The highest BCUT2D eigenvalue weighted by molar-refractivity contribution is 5.20. The molecular weight excluding hydrogens is 245 g/mol. The Morgan fingerprint density at radius 3 is 2.47 bits per heavy atom. The first-order valence-corrected chi connectivity index (χ1v) is 6.09. The fourth-order valence-electron chi connectivity index (χ4n) is 1.59. The largest absolute Gasteiger partial charge is 0.491 e. The average molecular weight is 261 g/mol. The third kappa shape index (κ3) is 4.30. The van der Waals surface area contributed by atoms with Crippen LogP contribution in [0.3, 0.4) is 0 Å². The van der Waals surface area contributed by atoms with E-state index < -0.39 is 12.2 Å². The van der Waals surface area contributed by atoms with Crippen molar-refractivity contribution in [3.05, 3.63) is 54.6 Å². The summed E-state index contributed by atoms with van der Waals surface area (Å²) in [6.07, 6.45) is 2.26. The van der Waals surface area contributed by atoms with Crippen molar-refractivity contribution >= 4 is 0 Å². The van der Waals surface area contributed by atoms with Gasteiger partial charge in [0.25, 0.3) is 0 Å². The highest BCUT2D eigenvalue weighted by Crippen LogP contribution is 2.11. The molecule has 1 aromatic carbocycles. The number of ether oxygens (including phenoxy) is 1. The summed E-state index contributed by atoms with van der Waals surface area (Å²) in [5.41, 5.74) is 5.78. The Labute approximate surface area is 111 Å². The summed E-state index contributed by atoms with van der Waals surface area (Å²) in [6, 6.07) is 10.1. The molecule has 1 aromatic heterocycles. The first-order chi connectivity index (χ1) is 9.25. The van der Waals surface area contributed by atoms with Crippen LogP contribution < -0.4 is 10.5 Å². The third-order valence-corrected chi connectivity index (χ3v) is 2.65. The topological polar surface area (TPSA) is 61.0 Å². The number of rotatable bonds is 6. The molecule has 19 heavy (non-hydrogen) atoms. The van der Waals surface area contributed by atoms with Crippen molar-refractivity contribution in [3.8, 4) is 5.75 Å². The molecular formula is C14H16FN3O. The summed E-state index contributed by atoms with van der Waals surface area (Å²) in [6.45, 7) is -0.0714. The molecule has 0 amide bonds. The van der Waals surface area contributed by atoms with Crippen molar-refractivity contribution in [1.82, 2.24) is 9.97 Å². The normalized spacial score (nSPS) is 13.8. The maximum Gasteiger partial charge on any atom is 0.149 e. The van der Waals surface area contributed by atoms with Crippen LogP contribution in [0.5, 0.6) is 5.75 Å². The molecule has 100 valence electrons. The lowest BCUT2D eigenvalue weighted by molar-refractivity contribution is 0.170. The minimum Gasteiger partial charge on any atom is -0.491 e. The molecule has 0 radical (unpaired) electrons. The van der Waals surface area contributed by atoms with E-state index in [4.69, 9.17) is 10.5 Å². The molecule has 0 saturated heterocycles. The second-order valence-corrected chi connectivity index (χ2v) is 4.17. The van der Waals surface area contributed by atoms with Crippen molar-refractivity contribution < 1.29 is 9.13 Å². The van der Waals surface area contributed by atoms with Gasteiger partial charge in [0.1, 0.15) is 24.4 Å². The number of nitrogens with zero attached hydrogens (tertiary/aromatic N) is 2. The van der Waals surface area contributed by atoms with Crippen LogP contribution in [0, 0.1) is 0 Å². The summed E-state index contributed by atoms with van der Waals surface area (Å²) in [4.78, 5) is 8.04. The van der Waals surface area contributed by atoms with Crippen LogP contribution in [0.4, 0.5) is 4.39 Å². The highest BCUT2D eigenvalue weighted by atomic mass is 19.1. The molecule has 2 aromatic rings. The first-order valence-electron chi connectivity index (χ1n) is 6.09. The van der Waals surface area contributed by atoms with Gasteiger partial charge in [-0.3, -0.25) is 0 Å². The third-order valence-electron chi connectivity index (χ3n) is 2.65. The molecule has 0 spiro atoms. The molecule has 4 nitrogen and oxygen atoms in total. The van der Waals surface area contributed by atoms with E-state index in [0.717, 1.165) is 0 Å². The Kier molecular flexibility index (Phi) is 4.80. The van der Waals surface area contributed by atoms with Gasteiger partial charge in [0.05, 0.1) is 0 Å². The number of alkyl halides is 1. The maximum absolute atomic E-state index is 13.9. The Balaban J connectivity index is 1.81. The van der Waals surface area contributed by atoms with E-state index in [9.17, 15) is 4.39 Å². The van der Waals surface area contributed by atoms with E-state index in [1.807, 2.05) is 18.2 Å². The van der Waals surface area contributed by atoms with Gasteiger partial charge in [-0.1, -0.05) is 18.2 Å². The lowest BCUT2D eigenvalue weighted by Crippen LogP contribution is -2.38. The van der Waals surface area contributed by atoms with Crippen molar-refractivity contribution in [2.45, 2.75) is 18.6 Å². The van der Waals surface area contributed by atoms with E-state index in [2.05, 4.69) is 9.97 Å². The lowest BCUT2D eigenvalue weighted by atomic mass is 10.1. The average Bonchev–Trinajstić information content (AvgIpc) is 2.47. The quantitative estimate of drug-likeness (QED) is 0.860. The predicted octanol–water partition coefficient (Wildman–Crippen LogP) is 1.76. The summed E-state index contributed by atoms with van der Waals surface area (Å²) in [7, 11) is 0. The van der Waals surface area contributed by atoms with Crippen molar-refractivity contribution in [2.75, 3.05) is 6.61 Å². The molecule has 0 unspecified atom stereocenters. The van der Waals surface area contributed by atoms with Gasteiger partial charge in [0.15, 0.2) is 0 Å². The van der Waals surface area contributed by atoms with Crippen LogP contribution in [-0.2, 0) is 6.42 Å². The van der Waals surface area contributed by atoms with Gasteiger partial charge in [-0.2, -0.15) is 0 Å². The molecule has 2 atom stereocenters. The number of hydrogen-bond acceptors (Lipinski definition) is 4. The SMILES string of the molecule is N[C@H](Cc1ncccn1)[C@H](F)COc1ccccc1. The first kappa shape index (κ1) is 13.4. The van der Waals surface area contributed by atoms with Crippen molar-refractivity contribution in [2.24, 2.45) is 5.73 Å². The Morgan fingerprint density at radius 1 is 1.11 bits per heavy atom. The van der Waals surface area contributed by atoms with Crippen LogP contribution in [0.1, 0.15) is 5.82 Å². The van der Waals surface area contributed by atoms with Crippen molar-refractivity contribution in [3.63, 3.8) is 0 Å². The van der Waals surface area contributed by atoms with Crippen LogP contribution in [0.25, 0.3) is 0 Å². The number of nitrogens with two attached hydrogens (primary N) is 1. The maximum atomic E-state index is 13.9. The molecule has 1 heterocycles. The van der Waals surface area contributed by atoms with Gasteiger partial charge in [0, 0.05) is 24.9 Å². The number of halogens is 1. The zero-order valence-electron chi connectivity index (χ0n) is 10.4. The summed E-state index contributed by atoms with van der Waals surface area (Å²) >= 11 is 0. The fourth-order valence-corrected chi connectivity index (χ4v) is 1.59. The van der Waals surface area contributed by atoms with Crippen molar-refractivity contribution in [1.29, 1.82) is 0 Å². The molecule has 0 aliphatic rings. The Hall–Kier alpha value is -2.01. The van der Waals surface area contributed by atoms with Crippen LogP contribution in [0.15, 0.2) is 48.8 Å². The van der Waals surface area contributed by atoms with E-state index in [1.165, 1.54) is 0 Å². The Bertz CT molecular complexity index is 481.